The first-order valence-corrected chi connectivity index (χ1v) is 10.7. The third-order valence-electron chi connectivity index (χ3n) is 6.38. The highest BCUT2D eigenvalue weighted by atomic mass is 35.5. The van der Waals surface area contributed by atoms with E-state index < -0.39 is 5.66 Å². The highest BCUT2D eigenvalue weighted by molar-refractivity contribution is 6.41. The zero-order chi connectivity index (χ0) is 21.5. The molecule has 1 saturated carbocycles. The SMILES string of the molecule is COC1CCC(C2(c3cc(-c4cnc(C)c(Cl)c4)ccc3N)N=C(C)C(N)=N2)CC1. The molecule has 0 bridgehead atoms. The van der Waals surface area contributed by atoms with Gasteiger partial charge in [0.2, 0.25) is 0 Å². The van der Waals surface area contributed by atoms with Crippen LogP contribution >= 0.6 is 11.6 Å². The van der Waals surface area contributed by atoms with Gasteiger partial charge in [0.15, 0.2) is 5.66 Å². The Morgan fingerprint density at radius 2 is 1.77 bits per heavy atom. The first-order valence-electron chi connectivity index (χ1n) is 10.3. The number of benzene rings is 1. The van der Waals surface area contributed by atoms with E-state index in [0.29, 0.717) is 16.5 Å². The first-order chi connectivity index (χ1) is 14.3. The summed E-state index contributed by atoms with van der Waals surface area (Å²) < 4.78 is 5.56. The van der Waals surface area contributed by atoms with Crippen molar-refractivity contribution in [2.45, 2.75) is 51.3 Å². The highest BCUT2D eigenvalue weighted by Gasteiger charge is 2.46. The quantitative estimate of drug-likeness (QED) is 0.705. The number of rotatable bonds is 4. The number of aryl methyl sites for hydroxylation is 1. The molecule has 1 atom stereocenters. The fraction of sp³-hybridized carbons (Fsp3) is 0.435. The predicted octanol–water partition coefficient (Wildman–Crippen LogP) is 4.48. The maximum absolute atomic E-state index is 6.49. The predicted molar refractivity (Wildman–Crippen MR) is 123 cm³/mol. The second-order valence-electron chi connectivity index (χ2n) is 8.22. The smallest absolute Gasteiger partial charge is 0.183 e. The highest BCUT2D eigenvalue weighted by Crippen LogP contribution is 2.48. The normalized spacial score (nSPS) is 26.4. The van der Waals surface area contributed by atoms with E-state index in [1.165, 1.54) is 0 Å². The van der Waals surface area contributed by atoms with Gasteiger partial charge in [0.05, 0.1) is 22.5 Å². The molecule has 0 radical (unpaired) electrons. The largest absolute Gasteiger partial charge is 0.398 e. The molecule has 2 heterocycles. The number of amidine groups is 1. The molecule has 1 unspecified atom stereocenters. The molecule has 4 N–H and O–H groups in total. The summed E-state index contributed by atoms with van der Waals surface area (Å²) in [5.74, 6) is 0.686. The monoisotopic (exact) mass is 425 g/mol. The van der Waals surface area contributed by atoms with Crippen LogP contribution < -0.4 is 11.5 Å². The summed E-state index contributed by atoms with van der Waals surface area (Å²) in [6, 6.07) is 7.89. The third kappa shape index (κ3) is 3.59. The van der Waals surface area contributed by atoms with Crippen molar-refractivity contribution in [2.24, 2.45) is 21.6 Å². The van der Waals surface area contributed by atoms with Gasteiger partial charge in [-0.15, -0.1) is 0 Å². The van der Waals surface area contributed by atoms with Crippen molar-refractivity contribution >= 4 is 28.8 Å². The Morgan fingerprint density at radius 3 is 2.37 bits per heavy atom. The summed E-state index contributed by atoms with van der Waals surface area (Å²) in [7, 11) is 1.77. The molecule has 0 amide bonds. The third-order valence-corrected chi connectivity index (χ3v) is 6.77. The maximum Gasteiger partial charge on any atom is 0.183 e. The second-order valence-corrected chi connectivity index (χ2v) is 8.63. The van der Waals surface area contributed by atoms with Gasteiger partial charge in [0.1, 0.15) is 5.84 Å². The number of halogens is 1. The Balaban J connectivity index is 1.81. The molecule has 1 fully saturated rings. The molecule has 1 aromatic heterocycles. The lowest BCUT2D eigenvalue weighted by Crippen LogP contribution is -2.36. The van der Waals surface area contributed by atoms with Crippen LogP contribution in [0.4, 0.5) is 5.69 Å². The van der Waals surface area contributed by atoms with Gasteiger partial charge in [0, 0.05) is 36.0 Å². The van der Waals surface area contributed by atoms with Crippen molar-refractivity contribution < 1.29 is 4.74 Å². The standard InChI is InChI=1S/C23H28ClN5O/c1-13-20(24)11-16(12-27-13)15-4-9-21(25)19(10-15)23(28-14(2)22(26)29-23)17-5-7-18(30-3)8-6-17/h4,9-12,17-18H,5-8,25H2,1-3H3,(H2,26,29). The van der Waals surface area contributed by atoms with Gasteiger partial charge in [-0.05, 0) is 63.3 Å². The van der Waals surface area contributed by atoms with Crippen LogP contribution in [0, 0.1) is 12.8 Å². The number of hydrogen-bond acceptors (Lipinski definition) is 6. The lowest BCUT2D eigenvalue weighted by atomic mass is 9.75. The van der Waals surface area contributed by atoms with Crippen molar-refractivity contribution in [3.05, 3.63) is 46.7 Å². The van der Waals surface area contributed by atoms with Crippen LogP contribution in [0.25, 0.3) is 11.1 Å². The van der Waals surface area contributed by atoms with Gasteiger partial charge in [-0.1, -0.05) is 17.7 Å². The molecular formula is C23H28ClN5O. The molecule has 1 aliphatic heterocycles. The van der Waals surface area contributed by atoms with Crippen LogP contribution in [0.3, 0.4) is 0 Å². The molecule has 1 aromatic carbocycles. The number of nitrogens with zero attached hydrogens (tertiary/aromatic N) is 3. The minimum atomic E-state index is -0.797. The van der Waals surface area contributed by atoms with Crippen molar-refractivity contribution in [3.8, 4) is 11.1 Å². The number of hydrogen-bond donors (Lipinski definition) is 2. The Bertz CT molecular complexity index is 1010. The van der Waals surface area contributed by atoms with Crippen molar-refractivity contribution in [1.82, 2.24) is 4.98 Å². The topological polar surface area (TPSA) is 98.9 Å². The Morgan fingerprint density at radius 1 is 1.03 bits per heavy atom. The number of methoxy groups -OCH3 is 1. The molecule has 4 rings (SSSR count). The van der Waals surface area contributed by atoms with Crippen LogP contribution in [0.15, 0.2) is 40.4 Å². The molecule has 0 saturated heterocycles. The molecular weight excluding hydrogens is 398 g/mol. The molecule has 7 heteroatoms. The molecule has 2 aromatic rings. The summed E-state index contributed by atoms with van der Waals surface area (Å²) in [4.78, 5) is 14.3. The molecule has 158 valence electrons. The van der Waals surface area contributed by atoms with E-state index in [-0.39, 0.29) is 12.0 Å². The number of pyridine rings is 1. The summed E-state index contributed by atoms with van der Waals surface area (Å²) >= 11 is 6.32. The molecule has 2 aliphatic rings. The van der Waals surface area contributed by atoms with Crippen molar-refractivity contribution in [3.63, 3.8) is 0 Å². The molecule has 1 aliphatic carbocycles. The van der Waals surface area contributed by atoms with Gasteiger partial charge in [-0.2, -0.15) is 0 Å². The van der Waals surface area contributed by atoms with Gasteiger partial charge < -0.3 is 16.2 Å². The fourth-order valence-electron chi connectivity index (χ4n) is 4.55. The van der Waals surface area contributed by atoms with Crippen LogP contribution in [0.5, 0.6) is 0 Å². The minimum Gasteiger partial charge on any atom is -0.398 e. The Hall–Kier alpha value is -2.44. The van der Waals surface area contributed by atoms with E-state index in [1.807, 2.05) is 38.2 Å². The number of ether oxygens (including phenoxy) is 1. The molecule has 30 heavy (non-hydrogen) atoms. The van der Waals surface area contributed by atoms with Crippen LogP contribution in [-0.4, -0.2) is 29.7 Å². The second kappa shape index (κ2) is 8.00. The van der Waals surface area contributed by atoms with Gasteiger partial charge in [0.25, 0.3) is 0 Å². The van der Waals surface area contributed by atoms with Crippen LogP contribution in [0.1, 0.15) is 43.9 Å². The minimum absolute atomic E-state index is 0.206. The Kier molecular flexibility index (Phi) is 5.55. The van der Waals surface area contributed by atoms with E-state index >= 15 is 0 Å². The van der Waals surface area contributed by atoms with Gasteiger partial charge >= 0.3 is 0 Å². The average molecular weight is 426 g/mol. The van der Waals surface area contributed by atoms with E-state index in [0.717, 1.165) is 53.8 Å². The summed E-state index contributed by atoms with van der Waals surface area (Å²) in [5, 5.41) is 0.635. The van der Waals surface area contributed by atoms with Crippen molar-refractivity contribution in [2.75, 3.05) is 12.8 Å². The molecule has 6 nitrogen and oxygen atoms in total. The van der Waals surface area contributed by atoms with Crippen LogP contribution in [0.2, 0.25) is 5.02 Å². The number of aliphatic imine (C=N–C) groups is 2. The van der Waals surface area contributed by atoms with E-state index in [4.69, 9.17) is 37.8 Å². The summed E-state index contributed by atoms with van der Waals surface area (Å²) in [6.45, 7) is 3.80. The maximum atomic E-state index is 6.49. The summed E-state index contributed by atoms with van der Waals surface area (Å²) in [5.41, 5.74) is 16.9. The lowest BCUT2D eigenvalue weighted by molar-refractivity contribution is 0.0427. The first kappa shape index (κ1) is 20.8. The van der Waals surface area contributed by atoms with E-state index in [2.05, 4.69) is 11.1 Å². The number of anilines is 1. The fourth-order valence-corrected chi connectivity index (χ4v) is 4.71. The van der Waals surface area contributed by atoms with E-state index in [1.54, 1.807) is 7.11 Å². The number of aromatic nitrogens is 1. The summed E-state index contributed by atoms with van der Waals surface area (Å²) in [6.07, 6.45) is 5.97. The average Bonchev–Trinajstić information content (AvgIpc) is 3.05. The van der Waals surface area contributed by atoms with Crippen molar-refractivity contribution in [1.29, 1.82) is 0 Å². The number of nitrogen functional groups attached to an aromatic ring is 1. The zero-order valence-corrected chi connectivity index (χ0v) is 18.4. The number of nitrogens with two attached hydrogens (primary N) is 2. The zero-order valence-electron chi connectivity index (χ0n) is 17.7. The van der Waals surface area contributed by atoms with Gasteiger partial charge in [-0.3, -0.25) is 9.98 Å². The lowest BCUT2D eigenvalue weighted by Gasteiger charge is -2.38. The van der Waals surface area contributed by atoms with Gasteiger partial charge in [-0.25, -0.2) is 4.99 Å². The van der Waals surface area contributed by atoms with Crippen LogP contribution in [-0.2, 0) is 10.4 Å². The van der Waals surface area contributed by atoms with E-state index in [9.17, 15) is 0 Å². The Labute approximate surface area is 182 Å². The molecule has 0 spiro atoms.